The monoisotopic (exact) mass is 411 g/mol. The first kappa shape index (κ1) is 21.8. The highest BCUT2D eigenvalue weighted by molar-refractivity contribution is 5.85. The number of nitrogens with zero attached hydrogens (tertiary/aromatic N) is 4. The maximum atomic E-state index is 5.89. The third kappa shape index (κ3) is 5.60. The molecular weight excluding hydrogens is 378 g/mol. The lowest BCUT2D eigenvalue weighted by Crippen LogP contribution is -2.35. The van der Waals surface area contributed by atoms with Crippen molar-refractivity contribution in [3.63, 3.8) is 0 Å². The van der Waals surface area contributed by atoms with E-state index in [1.54, 1.807) is 7.11 Å². The Morgan fingerprint density at radius 3 is 2.70 bits per heavy atom. The Hall–Kier alpha value is -2.87. The number of nitrogens with two attached hydrogens (primary N) is 1. The lowest BCUT2D eigenvalue weighted by Gasteiger charge is -2.21. The molecule has 2 heterocycles. The van der Waals surface area contributed by atoms with Crippen LogP contribution in [0.3, 0.4) is 0 Å². The number of nitrogen functional groups attached to an aromatic ring is 1. The van der Waals surface area contributed by atoms with Gasteiger partial charge in [0, 0.05) is 24.2 Å². The zero-order chi connectivity index (χ0) is 21.7. The fraction of sp³-hybridized carbons (Fsp3) is 0.500. The molecule has 0 fully saturated rings. The second-order valence-electron chi connectivity index (χ2n) is 8.52. The van der Waals surface area contributed by atoms with Crippen LogP contribution in [0.25, 0.3) is 11.0 Å². The summed E-state index contributed by atoms with van der Waals surface area (Å²) in [6, 6.07) is 6.29. The van der Waals surface area contributed by atoms with Gasteiger partial charge in [0.1, 0.15) is 11.3 Å². The number of anilines is 2. The number of methoxy groups -OCH3 is 1. The van der Waals surface area contributed by atoms with E-state index < -0.39 is 0 Å². The number of unbranched alkanes of at least 4 members (excludes halogenated alkanes) is 1. The van der Waals surface area contributed by atoms with Crippen molar-refractivity contribution in [3.05, 3.63) is 35.5 Å². The Morgan fingerprint density at radius 2 is 2.00 bits per heavy atom. The van der Waals surface area contributed by atoms with Crippen LogP contribution in [-0.2, 0) is 13.1 Å². The Bertz CT molecular complexity index is 991. The zero-order valence-electron chi connectivity index (χ0n) is 18.6. The van der Waals surface area contributed by atoms with Gasteiger partial charge in [-0.15, -0.1) is 0 Å². The highest BCUT2D eigenvalue weighted by Crippen LogP contribution is 2.24. The van der Waals surface area contributed by atoms with Crippen LogP contribution in [0.1, 0.15) is 51.7 Å². The van der Waals surface area contributed by atoms with E-state index >= 15 is 0 Å². The molecule has 0 amide bonds. The largest absolute Gasteiger partial charge is 0.496 e. The minimum Gasteiger partial charge on any atom is -0.496 e. The highest BCUT2D eigenvalue weighted by Gasteiger charge is 2.14. The minimum absolute atomic E-state index is 0.0623. The van der Waals surface area contributed by atoms with Gasteiger partial charge in [0.2, 0.25) is 5.95 Å². The summed E-state index contributed by atoms with van der Waals surface area (Å²) in [5, 5.41) is 11.5. The topological polar surface area (TPSA) is 103 Å². The molecule has 0 saturated carbocycles. The molecule has 0 bridgehead atoms. The van der Waals surface area contributed by atoms with Gasteiger partial charge in [0.15, 0.2) is 11.3 Å². The molecule has 0 aliphatic rings. The molecule has 4 N–H and O–H groups in total. The van der Waals surface area contributed by atoms with Crippen molar-refractivity contribution in [3.8, 4) is 5.75 Å². The maximum Gasteiger partial charge on any atom is 0.222 e. The molecule has 0 spiro atoms. The van der Waals surface area contributed by atoms with Crippen LogP contribution < -0.4 is 21.1 Å². The molecule has 30 heavy (non-hydrogen) atoms. The molecule has 3 aromatic rings. The standard InChI is InChI=1S/C22H33N7O/c1-6-7-10-24-20-19-17(26-21(23)27-20)14-29(28-19)13-16-9-8-15(11-18(16)30-5)12-25-22(2,3)4/h8-9,11,14,25H,6-7,10,12-13H2,1-5H3,(H3,23,24,26,27). The molecule has 8 heteroatoms. The molecular formula is C22H33N7O. The predicted molar refractivity (Wildman–Crippen MR) is 122 cm³/mol. The van der Waals surface area contributed by atoms with E-state index in [1.807, 2.05) is 10.9 Å². The number of rotatable bonds is 9. The van der Waals surface area contributed by atoms with E-state index in [1.165, 1.54) is 5.56 Å². The SMILES string of the molecule is CCCCNc1nc(N)nc2cn(Cc3ccc(CNC(C)(C)C)cc3OC)nc12. The summed E-state index contributed by atoms with van der Waals surface area (Å²) < 4.78 is 7.50. The fourth-order valence-corrected chi connectivity index (χ4v) is 3.14. The predicted octanol–water partition coefficient (Wildman–Crippen LogP) is 3.57. The van der Waals surface area contributed by atoms with Crippen molar-refractivity contribution >= 4 is 22.8 Å². The Balaban J connectivity index is 1.82. The molecule has 2 aromatic heterocycles. The number of hydrogen-bond acceptors (Lipinski definition) is 7. The van der Waals surface area contributed by atoms with Gasteiger partial charge in [-0.25, -0.2) is 4.98 Å². The first-order chi connectivity index (χ1) is 14.3. The highest BCUT2D eigenvalue weighted by atomic mass is 16.5. The summed E-state index contributed by atoms with van der Waals surface area (Å²) in [6.45, 7) is 10.8. The maximum absolute atomic E-state index is 5.89. The van der Waals surface area contributed by atoms with Crippen molar-refractivity contribution in [1.29, 1.82) is 0 Å². The van der Waals surface area contributed by atoms with Gasteiger partial charge in [-0.1, -0.05) is 25.5 Å². The lowest BCUT2D eigenvalue weighted by molar-refractivity contribution is 0.403. The Morgan fingerprint density at radius 1 is 1.20 bits per heavy atom. The van der Waals surface area contributed by atoms with Gasteiger partial charge in [-0.2, -0.15) is 10.1 Å². The van der Waals surface area contributed by atoms with Crippen LogP contribution in [0.15, 0.2) is 24.4 Å². The van der Waals surface area contributed by atoms with E-state index in [4.69, 9.17) is 15.6 Å². The Labute approximate surface area is 178 Å². The normalized spacial score (nSPS) is 11.8. The van der Waals surface area contributed by atoms with E-state index in [-0.39, 0.29) is 11.5 Å². The quantitative estimate of drug-likeness (QED) is 0.463. The van der Waals surface area contributed by atoms with Crippen LogP contribution in [0.5, 0.6) is 5.75 Å². The van der Waals surface area contributed by atoms with Crippen molar-refractivity contribution in [2.24, 2.45) is 0 Å². The van der Waals surface area contributed by atoms with Crippen molar-refractivity contribution in [2.45, 2.75) is 59.2 Å². The van der Waals surface area contributed by atoms with Crippen molar-refractivity contribution < 1.29 is 4.74 Å². The van der Waals surface area contributed by atoms with Crippen molar-refractivity contribution in [2.75, 3.05) is 24.7 Å². The van der Waals surface area contributed by atoms with Gasteiger partial charge < -0.3 is 21.1 Å². The number of hydrogen-bond donors (Lipinski definition) is 3. The number of ether oxygens (including phenoxy) is 1. The second-order valence-corrected chi connectivity index (χ2v) is 8.52. The van der Waals surface area contributed by atoms with E-state index in [9.17, 15) is 0 Å². The minimum atomic E-state index is 0.0623. The van der Waals surface area contributed by atoms with Crippen LogP contribution in [-0.4, -0.2) is 38.9 Å². The van der Waals surface area contributed by atoms with Gasteiger partial charge in [0.05, 0.1) is 19.9 Å². The number of aromatic nitrogens is 4. The summed E-state index contributed by atoms with van der Waals surface area (Å²) in [5.41, 5.74) is 9.63. The molecule has 1 aromatic carbocycles. The average Bonchev–Trinajstić information content (AvgIpc) is 3.09. The molecule has 0 aliphatic carbocycles. The molecule has 162 valence electrons. The zero-order valence-corrected chi connectivity index (χ0v) is 18.6. The average molecular weight is 412 g/mol. The molecule has 3 rings (SSSR count). The smallest absolute Gasteiger partial charge is 0.222 e. The molecule has 0 saturated heterocycles. The van der Waals surface area contributed by atoms with Gasteiger partial charge in [-0.3, -0.25) is 4.68 Å². The second kappa shape index (κ2) is 9.30. The molecule has 0 aliphatic heterocycles. The third-order valence-electron chi connectivity index (χ3n) is 4.76. The summed E-state index contributed by atoms with van der Waals surface area (Å²) >= 11 is 0. The first-order valence-corrected chi connectivity index (χ1v) is 10.4. The van der Waals surface area contributed by atoms with Crippen LogP contribution in [0, 0.1) is 0 Å². The molecule has 0 atom stereocenters. The van der Waals surface area contributed by atoms with Crippen LogP contribution in [0.2, 0.25) is 0 Å². The van der Waals surface area contributed by atoms with Crippen LogP contribution in [0.4, 0.5) is 11.8 Å². The number of benzene rings is 1. The summed E-state index contributed by atoms with van der Waals surface area (Å²) in [6.07, 6.45) is 4.05. The van der Waals surface area contributed by atoms with Gasteiger partial charge >= 0.3 is 0 Å². The molecule has 0 unspecified atom stereocenters. The summed E-state index contributed by atoms with van der Waals surface area (Å²) in [5.74, 6) is 1.77. The first-order valence-electron chi connectivity index (χ1n) is 10.4. The van der Waals surface area contributed by atoms with E-state index in [0.717, 1.165) is 48.3 Å². The van der Waals surface area contributed by atoms with Crippen molar-refractivity contribution in [1.82, 2.24) is 25.1 Å². The third-order valence-corrected chi connectivity index (χ3v) is 4.76. The van der Waals surface area contributed by atoms with E-state index in [0.29, 0.717) is 12.4 Å². The van der Waals surface area contributed by atoms with Crippen LogP contribution >= 0.6 is 0 Å². The van der Waals surface area contributed by atoms with Gasteiger partial charge in [0.25, 0.3) is 0 Å². The number of fused-ring (bicyclic) bond motifs is 1. The van der Waals surface area contributed by atoms with E-state index in [2.05, 4.69) is 66.5 Å². The molecule has 0 radical (unpaired) electrons. The van der Waals surface area contributed by atoms with Gasteiger partial charge in [-0.05, 0) is 38.8 Å². The molecule has 8 nitrogen and oxygen atoms in total. The number of nitrogens with one attached hydrogen (secondary N) is 2. The summed E-state index contributed by atoms with van der Waals surface area (Å²) in [7, 11) is 1.70. The fourth-order valence-electron chi connectivity index (χ4n) is 3.14. The lowest BCUT2D eigenvalue weighted by atomic mass is 10.1. The Kier molecular flexibility index (Phi) is 6.77. The summed E-state index contributed by atoms with van der Waals surface area (Å²) in [4.78, 5) is 8.66.